The van der Waals surface area contributed by atoms with E-state index < -0.39 is 0 Å². The molecule has 1 amide bonds. The summed E-state index contributed by atoms with van der Waals surface area (Å²) in [5.41, 5.74) is 4.04. The molecule has 2 aliphatic rings. The molecule has 1 N–H and O–H groups in total. The maximum atomic E-state index is 12.3. The molecule has 4 heteroatoms. The van der Waals surface area contributed by atoms with Gasteiger partial charge >= 0.3 is 0 Å². The molecule has 1 unspecified atom stereocenters. The summed E-state index contributed by atoms with van der Waals surface area (Å²) in [4.78, 5) is 16.7. The van der Waals surface area contributed by atoms with Gasteiger partial charge in [-0.1, -0.05) is 24.3 Å². The van der Waals surface area contributed by atoms with E-state index in [4.69, 9.17) is 4.74 Å². The van der Waals surface area contributed by atoms with E-state index >= 15 is 0 Å². The number of allylic oxidation sites excluding steroid dienone is 1. The highest BCUT2D eigenvalue weighted by molar-refractivity contribution is 5.93. The number of aromatic nitrogens is 1. The van der Waals surface area contributed by atoms with Crippen LogP contribution in [0.25, 0.3) is 11.3 Å². The van der Waals surface area contributed by atoms with Crippen LogP contribution in [0, 0.1) is 0 Å². The lowest BCUT2D eigenvalue weighted by Gasteiger charge is -2.16. The molecule has 0 saturated heterocycles. The molecule has 128 valence electrons. The SMILES string of the molecule is O=C(NCC1Cc2cccc(-c3ccccn3)c2O1)C1=CCCCC1. The number of fused-ring (bicyclic) bond motifs is 1. The second-order valence-electron chi connectivity index (χ2n) is 6.64. The van der Waals surface area contributed by atoms with Crippen LogP contribution in [0.4, 0.5) is 0 Å². The van der Waals surface area contributed by atoms with E-state index in [1.807, 2.05) is 30.3 Å². The minimum Gasteiger partial charge on any atom is -0.487 e. The van der Waals surface area contributed by atoms with Crippen molar-refractivity contribution in [3.05, 3.63) is 59.8 Å². The Balaban J connectivity index is 1.43. The van der Waals surface area contributed by atoms with Gasteiger partial charge in [-0.2, -0.15) is 0 Å². The maximum absolute atomic E-state index is 12.3. The van der Waals surface area contributed by atoms with Gasteiger partial charge in [0.2, 0.25) is 5.91 Å². The summed E-state index contributed by atoms with van der Waals surface area (Å²) in [5.74, 6) is 0.960. The highest BCUT2D eigenvalue weighted by atomic mass is 16.5. The molecule has 1 aromatic carbocycles. The molecule has 1 aromatic heterocycles. The topological polar surface area (TPSA) is 51.2 Å². The molecule has 0 bridgehead atoms. The monoisotopic (exact) mass is 334 g/mol. The van der Waals surface area contributed by atoms with Crippen molar-refractivity contribution >= 4 is 5.91 Å². The fourth-order valence-corrected chi connectivity index (χ4v) is 3.54. The summed E-state index contributed by atoms with van der Waals surface area (Å²) >= 11 is 0. The number of pyridine rings is 1. The van der Waals surface area contributed by atoms with Crippen LogP contribution < -0.4 is 10.1 Å². The molecular formula is C21H22N2O2. The normalized spacial score (nSPS) is 18.9. The van der Waals surface area contributed by atoms with E-state index in [1.54, 1.807) is 6.20 Å². The molecule has 25 heavy (non-hydrogen) atoms. The van der Waals surface area contributed by atoms with E-state index in [-0.39, 0.29) is 12.0 Å². The zero-order chi connectivity index (χ0) is 17.1. The van der Waals surface area contributed by atoms with Crippen LogP contribution >= 0.6 is 0 Å². The number of benzene rings is 1. The number of rotatable bonds is 4. The van der Waals surface area contributed by atoms with Crippen LogP contribution in [0.3, 0.4) is 0 Å². The highest BCUT2D eigenvalue weighted by Crippen LogP contribution is 2.37. The van der Waals surface area contributed by atoms with Crippen LogP contribution in [-0.2, 0) is 11.2 Å². The summed E-state index contributed by atoms with van der Waals surface area (Å²) in [7, 11) is 0. The molecule has 0 saturated carbocycles. The number of nitrogens with one attached hydrogen (secondary N) is 1. The molecule has 1 atom stereocenters. The first-order valence-electron chi connectivity index (χ1n) is 8.98. The second kappa shape index (κ2) is 7.09. The van der Waals surface area contributed by atoms with Crippen molar-refractivity contribution in [2.24, 2.45) is 0 Å². The van der Waals surface area contributed by atoms with Crippen molar-refractivity contribution in [3.8, 4) is 17.0 Å². The lowest BCUT2D eigenvalue weighted by atomic mass is 9.99. The van der Waals surface area contributed by atoms with Crippen LogP contribution in [-0.4, -0.2) is 23.5 Å². The Labute approximate surface area is 147 Å². The first-order chi connectivity index (χ1) is 12.3. The molecule has 1 aliphatic heterocycles. The Morgan fingerprint density at radius 1 is 1.20 bits per heavy atom. The van der Waals surface area contributed by atoms with Gasteiger partial charge in [-0.25, -0.2) is 0 Å². The Hall–Kier alpha value is -2.62. The molecule has 4 nitrogen and oxygen atoms in total. The Bertz CT molecular complexity index is 799. The van der Waals surface area contributed by atoms with Crippen molar-refractivity contribution in [1.29, 1.82) is 0 Å². The number of amides is 1. The van der Waals surface area contributed by atoms with Gasteiger partial charge in [0.1, 0.15) is 11.9 Å². The van der Waals surface area contributed by atoms with E-state index in [1.165, 1.54) is 12.0 Å². The fraction of sp³-hybridized carbons (Fsp3) is 0.333. The summed E-state index contributed by atoms with van der Waals surface area (Å²) in [6.45, 7) is 0.534. The predicted molar refractivity (Wildman–Crippen MR) is 97.4 cm³/mol. The number of ether oxygens (including phenoxy) is 1. The van der Waals surface area contributed by atoms with Gasteiger partial charge in [-0.3, -0.25) is 9.78 Å². The summed E-state index contributed by atoms with van der Waals surface area (Å²) in [5, 5.41) is 3.04. The molecule has 2 aromatic rings. The smallest absolute Gasteiger partial charge is 0.247 e. The Morgan fingerprint density at radius 3 is 2.96 bits per heavy atom. The standard InChI is InChI=1S/C21H22N2O2/c24-21(15-7-2-1-3-8-15)23-14-17-13-16-9-6-10-18(20(16)25-17)19-11-4-5-12-22-19/h4-7,9-12,17H,1-3,8,13-14H2,(H,23,24). The molecule has 0 spiro atoms. The number of carbonyl (C=O) groups excluding carboxylic acids is 1. The average molecular weight is 334 g/mol. The molecule has 2 heterocycles. The molecule has 1 aliphatic carbocycles. The Kier molecular flexibility index (Phi) is 4.51. The second-order valence-corrected chi connectivity index (χ2v) is 6.64. The third-order valence-electron chi connectivity index (χ3n) is 4.84. The molecule has 0 fully saturated rings. The zero-order valence-electron chi connectivity index (χ0n) is 14.2. The largest absolute Gasteiger partial charge is 0.487 e. The van der Waals surface area contributed by atoms with E-state index in [9.17, 15) is 4.79 Å². The van der Waals surface area contributed by atoms with Gasteiger partial charge in [0.15, 0.2) is 0 Å². The van der Waals surface area contributed by atoms with E-state index in [0.29, 0.717) is 6.54 Å². The Morgan fingerprint density at radius 2 is 2.16 bits per heavy atom. The number of nitrogens with zero attached hydrogens (tertiary/aromatic N) is 1. The van der Waals surface area contributed by atoms with Crippen molar-refractivity contribution in [3.63, 3.8) is 0 Å². The van der Waals surface area contributed by atoms with Gasteiger partial charge in [0, 0.05) is 23.8 Å². The lowest BCUT2D eigenvalue weighted by Crippen LogP contribution is -2.35. The van der Waals surface area contributed by atoms with Gasteiger partial charge in [0.25, 0.3) is 0 Å². The predicted octanol–water partition coefficient (Wildman–Crippen LogP) is 3.67. The summed E-state index contributed by atoms with van der Waals surface area (Å²) in [6, 6.07) is 12.0. The van der Waals surface area contributed by atoms with E-state index in [0.717, 1.165) is 48.3 Å². The van der Waals surface area contributed by atoms with Gasteiger partial charge in [-0.05, 0) is 49.4 Å². The first-order valence-corrected chi connectivity index (χ1v) is 8.98. The molecule has 4 rings (SSSR count). The number of para-hydroxylation sites is 1. The highest BCUT2D eigenvalue weighted by Gasteiger charge is 2.26. The summed E-state index contributed by atoms with van der Waals surface area (Å²) < 4.78 is 6.16. The van der Waals surface area contributed by atoms with Crippen molar-refractivity contribution in [1.82, 2.24) is 10.3 Å². The van der Waals surface area contributed by atoms with Gasteiger partial charge < -0.3 is 10.1 Å². The fourth-order valence-electron chi connectivity index (χ4n) is 3.54. The van der Waals surface area contributed by atoms with E-state index in [2.05, 4.69) is 22.4 Å². The quantitative estimate of drug-likeness (QED) is 0.928. The van der Waals surface area contributed by atoms with Crippen LogP contribution in [0.5, 0.6) is 5.75 Å². The lowest BCUT2D eigenvalue weighted by molar-refractivity contribution is -0.118. The van der Waals surface area contributed by atoms with Gasteiger partial charge in [-0.15, -0.1) is 0 Å². The average Bonchev–Trinajstić information content (AvgIpc) is 3.10. The van der Waals surface area contributed by atoms with Crippen LogP contribution in [0.15, 0.2) is 54.2 Å². The van der Waals surface area contributed by atoms with Crippen molar-refractivity contribution in [2.75, 3.05) is 6.54 Å². The third kappa shape index (κ3) is 3.43. The minimum absolute atomic E-state index is 0.0204. The number of hydrogen-bond acceptors (Lipinski definition) is 3. The van der Waals surface area contributed by atoms with Crippen LogP contribution in [0.1, 0.15) is 31.2 Å². The number of carbonyl (C=O) groups is 1. The minimum atomic E-state index is -0.0204. The third-order valence-corrected chi connectivity index (χ3v) is 4.84. The summed E-state index contributed by atoms with van der Waals surface area (Å²) in [6.07, 6.45) is 8.86. The number of hydrogen-bond donors (Lipinski definition) is 1. The first kappa shape index (κ1) is 15.9. The molecule has 0 radical (unpaired) electrons. The van der Waals surface area contributed by atoms with Crippen LogP contribution in [0.2, 0.25) is 0 Å². The molecular weight excluding hydrogens is 312 g/mol. The van der Waals surface area contributed by atoms with Crippen molar-refractivity contribution < 1.29 is 9.53 Å². The zero-order valence-corrected chi connectivity index (χ0v) is 14.2. The van der Waals surface area contributed by atoms with Crippen molar-refractivity contribution in [2.45, 2.75) is 38.2 Å². The van der Waals surface area contributed by atoms with Gasteiger partial charge in [0.05, 0.1) is 12.2 Å². The maximum Gasteiger partial charge on any atom is 0.247 e.